The molecule has 7 heteroatoms. The lowest BCUT2D eigenvalue weighted by Gasteiger charge is -2.16. The van der Waals surface area contributed by atoms with Crippen molar-refractivity contribution in [3.63, 3.8) is 0 Å². The van der Waals surface area contributed by atoms with E-state index in [-0.39, 0.29) is 12.0 Å². The molecule has 2 atom stereocenters. The Kier molecular flexibility index (Phi) is 6.90. The van der Waals surface area contributed by atoms with Crippen molar-refractivity contribution >= 4 is 29.1 Å². The van der Waals surface area contributed by atoms with Crippen molar-refractivity contribution in [3.05, 3.63) is 59.1 Å². The van der Waals surface area contributed by atoms with Crippen molar-refractivity contribution in [1.82, 2.24) is 5.32 Å². The number of ether oxygens (including phenoxy) is 2. The van der Waals surface area contributed by atoms with E-state index in [2.05, 4.69) is 10.6 Å². The van der Waals surface area contributed by atoms with E-state index in [9.17, 15) is 9.59 Å². The number of hydrogen-bond acceptors (Lipinski definition) is 4. The summed E-state index contributed by atoms with van der Waals surface area (Å²) < 4.78 is 11.3. The minimum absolute atomic E-state index is 0.123. The third kappa shape index (κ3) is 5.47. The van der Waals surface area contributed by atoms with E-state index in [1.807, 2.05) is 6.07 Å². The van der Waals surface area contributed by atoms with E-state index in [4.69, 9.17) is 21.1 Å². The monoisotopic (exact) mass is 402 g/mol. The maximum Gasteiger partial charge on any atom is 0.253 e. The number of rotatable bonds is 7. The second-order valence-corrected chi connectivity index (χ2v) is 7.05. The molecule has 0 aliphatic carbocycles. The largest absolute Gasteiger partial charge is 0.491 e. The van der Waals surface area contributed by atoms with Crippen LogP contribution in [-0.4, -0.2) is 37.2 Å². The van der Waals surface area contributed by atoms with E-state index in [0.29, 0.717) is 28.6 Å². The molecule has 148 valence electrons. The highest BCUT2D eigenvalue weighted by Crippen LogP contribution is 2.20. The first-order valence-electron chi connectivity index (χ1n) is 9.23. The first-order chi connectivity index (χ1) is 13.5. The quantitative estimate of drug-likeness (QED) is 0.741. The third-order valence-corrected chi connectivity index (χ3v) is 4.75. The van der Waals surface area contributed by atoms with Gasteiger partial charge in [0.25, 0.3) is 5.91 Å². The zero-order chi connectivity index (χ0) is 19.9. The summed E-state index contributed by atoms with van der Waals surface area (Å²) in [7, 11) is 0. The van der Waals surface area contributed by atoms with Gasteiger partial charge in [-0.25, -0.2) is 0 Å². The molecule has 1 aliphatic rings. The first kappa shape index (κ1) is 20.2. The van der Waals surface area contributed by atoms with Gasteiger partial charge in [0, 0.05) is 18.4 Å². The molecule has 0 aromatic heterocycles. The van der Waals surface area contributed by atoms with Crippen molar-refractivity contribution in [3.8, 4) is 5.75 Å². The Hall–Kier alpha value is -2.57. The Labute approximate surface area is 169 Å². The van der Waals surface area contributed by atoms with Crippen LogP contribution in [0.5, 0.6) is 5.75 Å². The van der Waals surface area contributed by atoms with Gasteiger partial charge in [-0.2, -0.15) is 0 Å². The number of anilines is 1. The summed E-state index contributed by atoms with van der Waals surface area (Å²) in [5.74, 6) is -0.0837. The van der Waals surface area contributed by atoms with Gasteiger partial charge in [0.05, 0.1) is 16.7 Å². The topological polar surface area (TPSA) is 76.7 Å². The molecule has 2 N–H and O–H groups in total. The van der Waals surface area contributed by atoms with E-state index >= 15 is 0 Å². The Morgan fingerprint density at radius 3 is 2.82 bits per heavy atom. The number of hydrogen-bond donors (Lipinski definition) is 2. The molecule has 28 heavy (non-hydrogen) atoms. The standard InChI is InChI=1S/C21H23ClN2O4/c1-14(23-21(26)18-9-2-3-10-19(18)22)20(25)24-15-6-4-7-16(12-15)28-13-17-8-5-11-27-17/h2-4,6-7,9-10,12,14,17H,5,8,11,13H2,1H3,(H,23,26)(H,24,25). The van der Waals surface area contributed by atoms with Crippen LogP contribution >= 0.6 is 11.6 Å². The van der Waals surface area contributed by atoms with E-state index in [0.717, 1.165) is 19.4 Å². The maximum absolute atomic E-state index is 12.4. The zero-order valence-corrected chi connectivity index (χ0v) is 16.4. The number of carbonyl (C=O) groups excluding carboxylic acids is 2. The van der Waals surface area contributed by atoms with Crippen molar-refractivity contribution in [1.29, 1.82) is 0 Å². The van der Waals surface area contributed by atoms with Gasteiger partial charge in [0.1, 0.15) is 18.4 Å². The molecule has 0 radical (unpaired) electrons. The minimum Gasteiger partial charge on any atom is -0.491 e. The third-order valence-electron chi connectivity index (χ3n) is 4.42. The lowest BCUT2D eigenvalue weighted by atomic mass is 10.2. The summed E-state index contributed by atoms with van der Waals surface area (Å²) in [6.45, 7) is 2.88. The second-order valence-electron chi connectivity index (χ2n) is 6.64. The van der Waals surface area contributed by atoms with Crippen LogP contribution in [0.4, 0.5) is 5.69 Å². The van der Waals surface area contributed by atoms with Gasteiger partial charge in [0.15, 0.2) is 0 Å². The van der Waals surface area contributed by atoms with Gasteiger partial charge >= 0.3 is 0 Å². The molecule has 1 fully saturated rings. The molecule has 2 aromatic carbocycles. The van der Waals surface area contributed by atoms with E-state index in [1.54, 1.807) is 49.4 Å². The predicted molar refractivity (Wildman–Crippen MR) is 108 cm³/mol. The van der Waals surface area contributed by atoms with Gasteiger partial charge < -0.3 is 20.1 Å². The summed E-state index contributed by atoms with van der Waals surface area (Å²) in [6.07, 6.45) is 2.18. The average molecular weight is 403 g/mol. The van der Waals surface area contributed by atoms with E-state index in [1.165, 1.54) is 0 Å². The summed E-state index contributed by atoms with van der Waals surface area (Å²) in [6, 6.07) is 13.1. The zero-order valence-electron chi connectivity index (χ0n) is 15.6. The summed E-state index contributed by atoms with van der Waals surface area (Å²) in [4.78, 5) is 24.7. The Bertz CT molecular complexity index is 837. The second kappa shape index (κ2) is 9.57. The van der Waals surface area contributed by atoms with Crippen LogP contribution in [0.3, 0.4) is 0 Å². The molecular formula is C21H23ClN2O4. The van der Waals surface area contributed by atoms with Crippen molar-refractivity contribution in [2.75, 3.05) is 18.5 Å². The van der Waals surface area contributed by atoms with Crippen LogP contribution in [-0.2, 0) is 9.53 Å². The van der Waals surface area contributed by atoms with Crippen LogP contribution in [0.15, 0.2) is 48.5 Å². The average Bonchev–Trinajstić information content (AvgIpc) is 3.20. The summed E-state index contributed by atoms with van der Waals surface area (Å²) >= 11 is 6.02. The smallest absolute Gasteiger partial charge is 0.253 e. The molecule has 1 aliphatic heterocycles. The number of carbonyl (C=O) groups is 2. The highest BCUT2D eigenvalue weighted by Gasteiger charge is 2.19. The fraction of sp³-hybridized carbons (Fsp3) is 0.333. The highest BCUT2D eigenvalue weighted by atomic mass is 35.5. The molecule has 0 spiro atoms. The predicted octanol–water partition coefficient (Wildman–Crippen LogP) is 3.65. The lowest BCUT2D eigenvalue weighted by Crippen LogP contribution is -2.41. The molecule has 0 saturated carbocycles. The first-order valence-corrected chi connectivity index (χ1v) is 9.61. The minimum atomic E-state index is -0.736. The maximum atomic E-state index is 12.4. The van der Waals surface area contributed by atoms with Crippen LogP contribution in [0.2, 0.25) is 5.02 Å². The van der Waals surface area contributed by atoms with Crippen molar-refractivity contribution in [2.45, 2.75) is 31.9 Å². The summed E-state index contributed by atoms with van der Waals surface area (Å²) in [5.41, 5.74) is 0.919. The molecule has 6 nitrogen and oxygen atoms in total. The Balaban J connectivity index is 1.54. The fourth-order valence-electron chi connectivity index (χ4n) is 2.86. The molecule has 3 rings (SSSR count). The SMILES string of the molecule is CC(NC(=O)c1ccccc1Cl)C(=O)Nc1cccc(OCC2CCCO2)c1. The van der Waals surface area contributed by atoms with Gasteiger partial charge in [0.2, 0.25) is 5.91 Å². The Morgan fingerprint density at radius 2 is 2.07 bits per heavy atom. The number of nitrogens with one attached hydrogen (secondary N) is 2. The number of amides is 2. The lowest BCUT2D eigenvalue weighted by molar-refractivity contribution is -0.117. The van der Waals surface area contributed by atoms with E-state index < -0.39 is 11.9 Å². The van der Waals surface area contributed by atoms with Gasteiger partial charge in [-0.1, -0.05) is 29.8 Å². The molecule has 2 aromatic rings. The van der Waals surface area contributed by atoms with Gasteiger partial charge in [-0.05, 0) is 44.0 Å². The Morgan fingerprint density at radius 1 is 1.25 bits per heavy atom. The summed E-state index contributed by atoms with van der Waals surface area (Å²) in [5, 5.41) is 5.77. The van der Waals surface area contributed by atoms with Crippen molar-refractivity contribution in [2.24, 2.45) is 0 Å². The molecule has 1 heterocycles. The number of benzene rings is 2. The van der Waals surface area contributed by atoms with Crippen LogP contribution in [0.25, 0.3) is 0 Å². The molecule has 1 saturated heterocycles. The molecule has 2 amide bonds. The van der Waals surface area contributed by atoms with Crippen LogP contribution < -0.4 is 15.4 Å². The molecule has 2 unspecified atom stereocenters. The van der Waals surface area contributed by atoms with Crippen LogP contribution in [0, 0.1) is 0 Å². The molecule has 0 bridgehead atoms. The molecular weight excluding hydrogens is 380 g/mol. The normalized spacial score (nSPS) is 17.0. The van der Waals surface area contributed by atoms with Gasteiger partial charge in [-0.15, -0.1) is 0 Å². The van der Waals surface area contributed by atoms with Crippen molar-refractivity contribution < 1.29 is 19.1 Å². The fourth-order valence-corrected chi connectivity index (χ4v) is 3.09. The van der Waals surface area contributed by atoms with Crippen LogP contribution in [0.1, 0.15) is 30.1 Å². The number of halogens is 1. The van der Waals surface area contributed by atoms with Gasteiger partial charge in [-0.3, -0.25) is 9.59 Å². The highest BCUT2D eigenvalue weighted by molar-refractivity contribution is 6.33.